The third-order valence-corrected chi connectivity index (χ3v) is 4.05. The number of thiazole rings is 1. The van der Waals surface area contributed by atoms with Crippen molar-refractivity contribution in [3.63, 3.8) is 0 Å². The first kappa shape index (κ1) is 16.3. The molecule has 5 nitrogen and oxygen atoms in total. The Hall–Kier alpha value is -2.08. The van der Waals surface area contributed by atoms with Gasteiger partial charge in [0.1, 0.15) is 0 Å². The van der Waals surface area contributed by atoms with Crippen LogP contribution in [0.3, 0.4) is 0 Å². The summed E-state index contributed by atoms with van der Waals surface area (Å²) in [6.45, 7) is 2.85. The molecule has 0 radical (unpaired) electrons. The van der Waals surface area contributed by atoms with E-state index in [9.17, 15) is 4.79 Å². The molecule has 0 saturated carbocycles. The number of nitrogens with one attached hydrogen (secondary N) is 2. The summed E-state index contributed by atoms with van der Waals surface area (Å²) in [5.74, 6) is 0. The van der Waals surface area contributed by atoms with Gasteiger partial charge in [-0.25, -0.2) is 9.78 Å². The molecule has 1 aromatic carbocycles. The minimum atomic E-state index is -0.154. The van der Waals surface area contributed by atoms with E-state index in [-0.39, 0.29) is 6.03 Å². The van der Waals surface area contributed by atoms with Gasteiger partial charge < -0.3 is 16.4 Å². The van der Waals surface area contributed by atoms with Crippen LogP contribution >= 0.6 is 11.3 Å². The fourth-order valence-electron chi connectivity index (χ4n) is 2.06. The number of hydrogen-bond donors (Lipinski definition) is 3. The van der Waals surface area contributed by atoms with Crippen molar-refractivity contribution in [3.05, 3.63) is 40.9 Å². The van der Waals surface area contributed by atoms with Gasteiger partial charge in [-0.2, -0.15) is 0 Å². The van der Waals surface area contributed by atoms with Crippen LogP contribution in [-0.2, 0) is 6.42 Å². The molecule has 4 N–H and O–H groups in total. The smallest absolute Gasteiger partial charge is 0.319 e. The topological polar surface area (TPSA) is 80.0 Å². The van der Waals surface area contributed by atoms with Crippen LogP contribution in [0.15, 0.2) is 30.5 Å². The maximum atomic E-state index is 11.7. The first-order chi connectivity index (χ1) is 10.7. The zero-order valence-corrected chi connectivity index (χ0v) is 13.6. The Morgan fingerprint density at radius 2 is 2.05 bits per heavy atom. The highest BCUT2D eigenvalue weighted by Gasteiger charge is 2.03. The normalized spacial score (nSPS) is 10.4. The summed E-state index contributed by atoms with van der Waals surface area (Å²) in [5.41, 5.74) is 7.58. The summed E-state index contributed by atoms with van der Waals surface area (Å²) >= 11 is 1.50. The van der Waals surface area contributed by atoms with Gasteiger partial charge >= 0.3 is 6.03 Å². The Labute approximate surface area is 135 Å². The molecule has 2 amide bonds. The lowest BCUT2D eigenvalue weighted by molar-refractivity contribution is 0.252. The van der Waals surface area contributed by atoms with E-state index in [1.165, 1.54) is 11.3 Å². The molecule has 0 aliphatic carbocycles. The number of unbranched alkanes of at least 4 members (excludes halogenated alkanes) is 2. The van der Waals surface area contributed by atoms with Gasteiger partial charge in [0.15, 0.2) is 5.13 Å². The van der Waals surface area contributed by atoms with Crippen LogP contribution < -0.4 is 16.4 Å². The second kappa shape index (κ2) is 8.38. The van der Waals surface area contributed by atoms with Crippen molar-refractivity contribution in [1.82, 2.24) is 10.3 Å². The summed E-state index contributed by atoms with van der Waals surface area (Å²) in [7, 11) is 0. The Bertz CT molecular complexity index is 594. The molecule has 22 heavy (non-hydrogen) atoms. The second-order valence-electron chi connectivity index (χ2n) is 5.13. The number of amides is 2. The first-order valence-corrected chi connectivity index (χ1v) is 8.33. The summed E-state index contributed by atoms with van der Waals surface area (Å²) in [4.78, 5) is 16.9. The van der Waals surface area contributed by atoms with Crippen LogP contribution in [0.25, 0.3) is 0 Å². The van der Waals surface area contributed by atoms with Crippen molar-refractivity contribution >= 4 is 28.2 Å². The Morgan fingerprint density at radius 3 is 2.68 bits per heavy atom. The minimum Gasteiger partial charge on any atom is -0.375 e. The number of urea groups is 1. The number of hydrogen-bond acceptors (Lipinski definition) is 4. The van der Waals surface area contributed by atoms with Gasteiger partial charge in [0.05, 0.1) is 0 Å². The SMILES string of the molecule is CCCCCNC(=O)Nc1ccc(Cc2cnc(N)s2)cc1. The number of benzene rings is 1. The lowest BCUT2D eigenvalue weighted by atomic mass is 10.1. The van der Waals surface area contributed by atoms with Gasteiger partial charge in [0.2, 0.25) is 0 Å². The quantitative estimate of drug-likeness (QED) is 0.682. The van der Waals surface area contributed by atoms with Crippen molar-refractivity contribution in [1.29, 1.82) is 0 Å². The number of rotatable bonds is 7. The fourth-order valence-corrected chi connectivity index (χ4v) is 2.78. The number of anilines is 2. The molecule has 0 fully saturated rings. The maximum absolute atomic E-state index is 11.7. The Kier molecular flexibility index (Phi) is 6.21. The average molecular weight is 318 g/mol. The lowest BCUT2D eigenvalue weighted by Gasteiger charge is -2.08. The van der Waals surface area contributed by atoms with Crippen LogP contribution in [0, 0.1) is 0 Å². The highest BCUT2D eigenvalue weighted by molar-refractivity contribution is 7.15. The molecule has 2 rings (SSSR count). The van der Waals surface area contributed by atoms with Crippen LogP contribution in [0.5, 0.6) is 0 Å². The van der Waals surface area contributed by atoms with Gasteiger partial charge in [-0.1, -0.05) is 31.9 Å². The van der Waals surface area contributed by atoms with Crippen molar-refractivity contribution < 1.29 is 4.79 Å². The average Bonchev–Trinajstić information content (AvgIpc) is 2.91. The van der Waals surface area contributed by atoms with Gasteiger partial charge in [0.25, 0.3) is 0 Å². The van der Waals surface area contributed by atoms with Crippen LogP contribution in [0.1, 0.15) is 36.6 Å². The zero-order chi connectivity index (χ0) is 15.8. The molecule has 0 atom stereocenters. The van der Waals surface area contributed by atoms with Crippen molar-refractivity contribution in [3.8, 4) is 0 Å². The van der Waals surface area contributed by atoms with E-state index in [1.807, 2.05) is 24.3 Å². The number of carbonyl (C=O) groups is 1. The van der Waals surface area contributed by atoms with Gasteiger partial charge in [0, 0.05) is 29.7 Å². The van der Waals surface area contributed by atoms with E-state index in [2.05, 4.69) is 22.5 Å². The lowest BCUT2D eigenvalue weighted by Crippen LogP contribution is -2.29. The van der Waals surface area contributed by atoms with Gasteiger partial charge in [-0.05, 0) is 24.1 Å². The van der Waals surface area contributed by atoms with Crippen molar-refractivity contribution in [2.24, 2.45) is 0 Å². The molecule has 1 heterocycles. The highest BCUT2D eigenvalue weighted by atomic mass is 32.1. The number of nitrogen functional groups attached to an aromatic ring is 1. The third kappa shape index (κ3) is 5.37. The maximum Gasteiger partial charge on any atom is 0.319 e. The third-order valence-electron chi connectivity index (χ3n) is 3.23. The number of aromatic nitrogens is 1. The Morgan fingerprint density at radius 1 is 1.27 bits per heavy atom. The van der Waals surface area contributed by atoms with E-state index >= 15 is 0 Å². The van der Waals surface area contributed by atoms with Crippen LogP contribution in [0.4, 0.5) is 15.6 Å². The van der Waals surface area contributed by atoms with Crippen molar-refractivity contribution in [2.75, 3.05) is 17.6 Å². The summed E-state index contributed by atoms with van der Waals surface area (Å²) < 4.78 is 0. The monoisotopic (exact) mass is 318 g/mol. The molecule has 0 spiro atoms. The molecule has 2 aromatic rings. The fraction of sp³-hybridized carbons (Fsp3) is 0.375. The van der Waals surface area contributed by atoms with E-state index in [1.54, 1.807) is 6.20 Å². The number of nitrogens with two attached hydrogens (primary N) is 1. The number of nitrogens with zero attached hydrogens (tertiary/aromatic N) is 1. The second-order valence-corrected chi connectivity index (χ2v) is 6.27. The van der Waals surface area contributed by atoms with Gasteiger partial charge in [-0.3, -0.25) is 0 Å². The number of carbonyl (C=O) groups excluding carboxylic acids is 1. The summed E-state index contributed by atoms with van der Waals surface area (Å²) in [5, 5.41) is 6.28. The molecule has 6 heteroatoms. The van der Waals surface area contributed by atoms with E-state index in [0.717, 1.165) is 41.8 Å². The Balaban J connectivity index is 1.80. The summed E-state index contributed by atoms with van der Waals surface area (Å²) in [6, 6.07) is 7.67. The molecule has 0 aliphatic heterocycles. The molecule has 0 saturated heterocycles. The molecule has 118 valence electrons. The predicted molar refractivity (Wildman–Crippen MR) is 92.3 cm³/mol. The summed E-state index contributed by atoms with van der Waals surface area (Å²) in [6.07, 6.45) is 5.91. The van der Waals surface area contributed by atoms with Gasteiger partial charge in [-0.15, -0.1) is 11.3 Å². The first-order valence-electron chi connectivity index (χ1n) is 7.51. The largest absolute Gasteiger partial charge is 0.375 e. The molecule has 0 aliphatic rings. The molecular formula is C16H22N4OS. The molecule has 0 bridgehead atoms. The molecule has 0 unspecified atom stereocenters. The molecule has 1 aromatic heterocycles. The van der Waals surface area contributed by atoms with Crippen LogP contribution in [-0.4, -0.2) is 17.6 Å². The minimum absolute atomic E-state index is 0.154. The van der Waals surface area contributed by atoms with E-state index < -0.39 is 0 Å². The van der Waals surface area contributed by atoms with Crippen LogP contribution in [0.2, 0.25) is 0 Å². The standard InChI is InChI=1S/C16H22N4OS/c1-2-3-4-9-18-16(21)20-13-7-5-12(6-8-13)10-14-11-19-15(17)22-14/h5-8,11H,2-4,9-10H2,1H3,(H2,17,19)(H2,18,20,21). The van der Waals surface area contributed by atoms with E-state index in [0.29, 0.717) is 11.7 Å². The molecular weight excluding hydrogens is 296 g/mol. The highest BCUT2D eigenvalue weighted by Crippen LogP contribution is 2.19. The zero-order valence-electron chi connectivity index (χ0n) is 12.8. The van der Waals surface area contributed by atoms with E-state index in [4.69, 9.17) is 5.73 Å². The van der Waals surface area contributed by atoms with Crippen molar-refractivity contribution in [2.45, 2.75) is 32.6 Å². The predicted octanol–water partition coefficient (Wildman–Crippen LogP) is 3.63.